The quantitative estimate of drug-likeness (QED) is 0.569. The Kier molecular flexibility index (Phi) is 5.62. The zero-order valence-electron chi connectivity index (χ0n) is 15.8. The first kappa shape index (κ1) is 19.8. The molecule has 0 aliphatic carbocycles. The van der Waals surface area contributed by atoms with E-state index in [1.54, 1.807) is 12.1 Å². The monoisotopic (exact) mass is 427 g/mol. The van der Waals surface area contributed by atoms with Crippen LogP contribution in [0.25, 0.3) is 10.9 Å². The summed E-state index contributed by atoms with van der Waals surface area (Å²) in [5, 5.41) is 27.9. The van der Waals surface area contributed by atoms with E-state index in [1.807, 2.05) is 12.1 Å². The topological polar surface area (TPSA) is 120 Å². The summed E-state index contributed by atoms with van der Waals surface area (Å²) in [7, 11) is 0. The van der Waals surface area contributed by atoms with E-state index in [1.165, 1.54) is 23.4 Å². The summed E-state index contributed by atoms with van der Waals surface area (Å²) in [5.74, 6) is 0.787. The largest absolute Gasteiger partial charge is 0.506 e. The maximum absolute atomic E-state index is 11.3. The van der Waals surface area contributed by atoms with Crippen molar-refractivity contribution in [2.45, 2.75) is 18.9 Å². The molecule has 1 aliphatic rings. The highest BCUT2D eigenvalue weighted by Crippen LogP contribution is 2.34. The van der Waals surface area contributed by atoms with Crippen molar-refractivity contribution < 1.29 is 19.7 Å². The van der Waals surface area contributed by atoms with Crippen LogP contribution in [0.1, 0.15) is 12.8 Å². The molecular weight excluding hydrogens is 410 g/mol. The zero-order valence-corrected chi connectivity index (χ0v) is 16.5. The van der Waals surface area contributed by atoms with Crippen molar-refractivity contribution >= 4 is 40.1 Å². The predicted molar refractivity (Wildman–Crippen MR) is 110 cm³/mol. The molecular formula is C20H18ClN5O4. The van der Waals surface area contributed by atoms with Crippen molar-refractivity contribution in [2.75, 3.05) is 13.1 Å². The number of carbonyl (C=O) groups is 1. The van der Waals surface area contributed by atoms with Gasteiger partial charge in [0.05, 0.1) is 28.2 Å². The summed E-state index contributed by atoms with van der Waals surface area (Å²) in [4.78, 5) is 21.1. The molecule has 0 unspecified atom stereocenters. The third kappa shape index (κ3) is 4.25. The third-order valence-corrected chi connectivity index (χ3v) is 5.04. The van der Waals surface area contributed by atoms with E-state index in [-0.39, 0.29) is 16.9 Å². The summed E-state index contributed by atoms with van der Waals surface area (Å²) in [6.07, 6.45) is 1.63. The van der Waals surface area contributed by atoms with Crippen LogP contribution >= 0.6 is 11.6 Å². The molecule has 30 heavy (non-hydrogen) atoms. The van der Waals surface area contributed by atoms with Gasteiger partial charge in [-0.15, -0.1) is 10.2 Å². The van der Waals surface area contributed by atoms with E-state index in [2.05, 4.69) is 20.2 Å². The lowest BCUT2D eigenvalue weighted by Crippen LogP contribution is -2.43. The second-order valence-electron chi connectivity index (χ2n) is 6.79. The number of carboxylic acid groups (broad SMARTS) is 1. The number of aromatic nitrogens is 2. The van der Waals surface area contributed by atoms with Crippen LogP contribution in [0.2, 0.25) is 5.02 Å². The van der Waals surface area contributed by atoms with Gasteiger partial charge < -0.3 is 19.8 Å². The molecule has 1 aromatic heterocycles. The molecule has 4 rings (SSSR count). The maximum atomic E-state index is 11.3. The van der Waals surface area contributed by atoms with Gasteiger partial charge in [0.15, 0.2) is 5.82 Å². The molecule has 2 heterocycles. The van der Waals surface area contributed by atoms with E-state index in [4.69, 9.17) is 16.3 Å². The van der Waals surface area contributed by atoms with Gasteiger partial charge >= 0.3 is 6.09 Å². The minimum atomic E-state index is -0.952. The van der Waals surface area contributed by atoms with Crippen LogP contribution in [0.3, 0.4) is 0 Å². The lowest BCUT2D eigenvalue weighted by Gasteiger charge is -2.31. The number of aromatic hydroxyl groups is 1. The number of piperidine rings is 1. The molecule has 2 aromatic carbocycles. The third-order valence-electron chi connectivity index (χ3n) is 4.74. The molecule has 154 valence electrons. The molecule has 1 atom stereocenters. The van der Waals surface area contributed by atoms with Crippen molar-refractivity contribution in [3.05, 3.63) is 47.7 Å². The number of phenolic OH excluding ortho intramolecular Hbond substituents is 1. The normalized spacial score (nSPS) is 16.8. The SMILES string of the molecule is O=C(O)N1CCC[C@@H](Oc2cccc3ncnc(N=Nc4ccc(O)c(Cl)c4)c23)C1. The number of likely N-dealkylation sites (tertiary alicyclic amines) is 1. The van der Waals surface area contributed by atoms with Crippen molar-refractivity contribution in [3.8, 4) is 11.5 Å². The maximum Gasteiger partial charge on any atom is 0.407 e. The Morgan fingerprint density at radius 1 is 1.23 bits per heavy atom. The molecule has 0 bridgehead atoms. The zero-order chi connectivity index (χ0) is 21.1. The fourth-order valence-electron chi connectivity index (χ4n) is 3.29. The summed E-state index contributed by atoms with van der Waals surface area (Å²) in [6.45, 7) is 0.796. The minimum absolute atomic E-state index is 0.0401. The molecule has 1 amide bonds. The number of hydrogen-bond donors (Lipinski definition) is 2. The van der Waals surface area contributed by atoms with Crippen LogP contribution in [0.5, 0.6) is 11.5 Å². The van der Waals surface area contributed by atoms with E-state index < -0.39 is 6.09 Å². The van der Waals surface area contributed by atoms with Crippen LogP contribution in [0, 0.1) is 0 Å². The van der Waals surface area contributed by atoms with Gasteiger partial charge in [-0.3, -0.25) is 0 Å². The van der Waals surface area contributed by atoms with E-state index in [9.17, 15) is 15.0 Å². The second kappa shape index (κ2) is 8.50. The lowest BCUT2D eigenvalue weighted by molar-refractivity contribution is 0.0800. The number of benzene rings is 2. The van der Waals surface area contributed by atoms with Crippen LogP contribution in [0.15, 0.2) is 53.0 Å². The predicted octanol–water partition coefficient (Wildman–Crippen LogP) is 4.93. The Bertz CT molecular complexity index is 1120. The molecule has 0 radical (unpaired) electrons. The van der Waals surface area contributed by atoms with Crippen molar-refractivity contribution in [1.82, 2.24) is 14.9 Å². The van der Waals surface area contributed by atoms with E-state index >= 15 is 0 Å². The molecule has 9 nitrogen and oxygen atoms in total. The fraction of sp³-hybridized carbons (Fsp3) is 0.250. The smallest absolute Gasteiger partial charge is 0.407 e. The molecule has 0 spiro atoms. The van der Waals surface area contributed by atoms with Gasteiger partial charge in [0, 0.05) is 6.54 Å². The molecule has 0 saturated carbocycles. The summed E-state index contributed by atoms with van der Waals surface area (Å²) < 4.78 is 6.14. The Hall–Kier alpha value is -3.46. The number of fused-ring (bicyclic) bond motifs is 1. The van der Waals surface area contributed by atoms with Gasteiger partial charge in [0.1, 0.15) is 23.9 Å². The number of phenols is 1. The molecule has 3 aromatic rings. The molecule has 1 saturated heterocycles. The highest BCUT2D eigenvalue weighted by molar-refractivity contribution is 6.32. The van der Waals surface area contributed by atoms with E-state index in [0.717, 1.165) is 12.8 Å². The molecule has 1 aliphatic heterocycles. The van der Waals surface area contributed by atoms with Crippen LogP contribution in [0.4, 0.5) is 16.3 Å². The van der Waals surface area contributed by atoms with Gasteiger partial charge in [-0.1, -0.05) is 17.7 Å². The van der Waals surface area contributed by atoms with Crippen LogP contribution in [-0.2, 0) is 0 Å². The number of nitrogens with zero attached hydrogens (tertiary/aromatic N) is 5. The van der Waals surface area contributed by atoms with Gasteiger partial charge in [0.2, 0.25) is 0 Å². The Balaban J connectivity index is 1.65. The van der Waals surface area contributed by atoms with Gasteiger partial charge in [-0.25, -0.2) is 14.8 Å². The first-order valence-corrected chi connectivity index (χ1v) is 9.67. The summed E-state index contributed by atoms with van der Waals surface area (Å²) in [5.41, 5.74) is 1.08. The van der Waals surface area contributed by atoms with Crippen molar-refractivity contribution in [2.24, 2.45) is 10.2 Å². The number of azo groups is 1. The van der Waals surface area contributed by atoms with Gasteiger partial charge in [-0.05, 0) is 43.2 Å². The summed E-state index contributed by atoms with van der Waals surface area (Å²) >= 11 is 5.92. The first-order valence-electron chi connectivity index (χ1n) is 9.30. The number of hydrogen-bond acceptors (Lipinski definition) is 7. The highest BCUT2D eigenvalue weighted by Gasteiger charge is 2.25. The summed E-state index contributed by atoms with van der Waals surface area (Å²) in [6, 6.07) is 9.90. The average molecular weight is 428 g/mol. The Morgan fingerprint density at radius 3 is 2.90 bits per heavy atom. The molecule has 10 heteroatoms. The van der Waals surface area contributed by atoms with Crippen LogP contribution in [-0.4, -0.2) is 50.4 Å². The molecule has 2 N–H and O–H groups in total. The first-order chi connectivity index (χ1) is 14.5. The number of rotatable bonds is 4. The van der Waals surface area contributed by atoms with Crippen molar-refractivity contribution in [3.63, 3.8) is 0 Å². The van der Waals surface area contributed by atoms with Crippen molar-refractivity contribution in [1.29, 1.82) is 0 Å². The van der Waals surface area contributed by atoms with Crippen LogP contribution < -0.4 is 4.74 Å². The highest BCUT2D eigenvalue weighted by atomic mass is 35.5. The lowest BCUT2D eigenvalue weighted by atomic mass is 10.1. The van der Waals surface area contributed by atoms with Gasteiger partial charge in [0.25, 0.3) is 0 Å². The average Bonchev–Trinajstić information content (AvgIpc) is 2.75. The number of ether oxygens (including phenoxy) is 1. The van der Waals surface area contributed by atoms with Gasteiger partial charge in [-0.2, -0.15) is 0 Å². The fourth-order valence-corrected chi connectivity index (χ4v) is 3.46. The Morgan fingerprint density at radius 2 is 2.10 bits per heavy atom. The Labute approximate surface area is 176 Å². The second-order valence-corrected chi connectivity index (χ2v) is 7.20. The molecule has 1 fully saturated rings. The standard InChI is InChI=1S/C20H18ClN5O4/c21-14-9-12(6-7-16(14)27)24-25-19-18-15(22-11-23-19)4-1-5-17(18)30-13-3-2-8-26(10-13)20(28)29/h1,4-7,9,11,13,27H,2-3,8,10H2,(H,28,29)/t13-/m1/s1. The minimum Gasteiger partial charge on any atom is -0.506 e. The number of halogens is 1. The number of amides is 1. The van der Waals surface area contributed by atoms with E-state index in [0.29, 0.717) is 41.2 Å².